The Bertz CT molecular complexity index is 1110. The minimum Gasteiger partial charge on any atom is -0.389 e. The van der Waals surface area contributed by atoms with E-state index in [-0.39, 0.29) is 12.1 Å². The number of aliphatic hydroxyl groups is 1. The first-order valence-corrected chi connectivity index (χ1v) is 11.2. The van der Waals surface area contributed by atoms with Crippen molar-refractivity contribution in [3.8, 4) is 11.3 Å². The van der Waals surface area contributed by atoms with Gasteiger partial charge in [0.25, 0.3) is 0 Å². The number of pyridine rings is 2. The molecular weight excluding hydrogens is 447 g/mol. The summed E-state index contributed by atoms with van der Waals surface area (Å²) in [6.45, 7) is 6.14. The van der Waals surface area contributed by atoms with Gasteiger partial charge in [0.15, 0.2) is 0 Å². The summed E-state index contributed by atoms with van der Waals surface area (Å²) in [7, 11) is 0. The zero-order chi connectivity index (χ0) is 23.9. The molecule has 8 nitrogen and oxygen atoms in total. The molecule has 11 heteroatoms. The summed E-state index contributed by atoms with van der Waals surface area (Å²) in [6, 6.07) is 6.56. The summed E-state index contributed by atoms with van der Waals surface area (Å²) >= 11 is 0. The Morgan fingerprint density at radius 1 is 1.03 bits per heavy atom. The quantitative estimate of drug-likeness (QED) is 0.590. The lowest BCUT2D eigenvalue weighted by Crippen LogP contribution is -2.51. The number of H-pyrrole nitrogens is 1. The number of alkyl halides is 3. The molecule has 2 aliphatic heterocycles. The maximum Gasteiger partial charge on any atom is 0.417 e. The van der Waals surface area contributed by atoms with Crippen molar-refractivity contribution in [1.82, 2.24) is 25.1 Å². The molecule has 1 unspecified atom stereocenters. The molecule has 3 aromatic rings. The fourth-order valence-electron chi connectivity index (χ4n) is 4.52. The number of hydrogen-bond donors (Lipinski definition) is 2. The van der Waals surface area contributed by atoms with Crippen molar-refractivity contribution < 1.29 is 18.3 Å². The molecule has 5 heterocycles. The molecule has 3 aromatic heterocycles. The lowest BCUT2D eigenvalue weighted by molar-refractivity contribution is -0.137. The van der Waals surface area contributed by atoms with Crippen molar-refractivity contribution >= 4 is 11.6 Å². The number of aliphatic hydroxyl groups excluding tert-OH is 1. The molecule has 0 amide bonds. The van der Waals surface area contributed by atoms with E-state index >= 15 is 0 Å². The Morgan fingerprint density at radius 3 is 2.41 bits per heavy atom. The third-order valence-corrected chi connectivity index (χ3v) is 6.40. The number of aromatic amines is 1. The number of nitrogens with one attached hydrogen (secondary N) is 1. The van der Waals surface area contributed by atoms with Crippen molar-refractivity contribution in [3.63, 3.8) is 0 Å². The minimum absolute atomic E-state index is 0.0983. The van der Waals surface area contributed by atoms with Crippen LogP contribution in [0.5, 0.6) is 0 Å². The first-order valence-electron chi connectivity index (χ1n) is 11.2. The zero-order valence-electron chi connectivity index (χ0n) is 18.7. The third-order valence-electron chi connectivity index (χ3n) is 6.40. The molecule has 5 rings (SSSR count). The van der Waals surface area contributed by atoms with Gasteiger partial charge < -0.3 is 14.9 Å². The van der Waals surface area contributed by atoms with Crippen LogP contribution in [0, 0.1) is 0 Å². The molecule has 0 bridgehead atoms. The second kappa shape index (κ2) is 8.88. The highest BCUT2D eigenvalue weighted by Gasteiger charge is 2.32. The second-order valence-electron chi connectivity index (χ2n) is 8.90. The summed E-state index contributed by atoms with van der Waals surface area (Å²) in [4.78, 5) is 14.9. The molecule has 0 saturated carbocycles. The van der Waals surface area contributed by atoms with Gasteiger partial charge in [-0.15, -0.1) is 0 Å². The highest BCUT2D eigenvalue weighted by molar-refractivity contribution is 5.63. The number of anilines is 2. The summed E-state index contributed by atoms with van der Waals surface area (Å²) in [5.41, 5.74) is 2.09. The van der Waals surface area contributed by atoms with Gasteiger partial charge in [0.05, 0.1) is 17.4 Å². The Morgan fingerprint density at radius 2 is 1.79 bits per heavy atom. The van der Waals surface area contributed by atoms with Crippen LogP contribution in [0.4, 0.5) is 24.8 Å². The van der Waals surface area contributed by atoms with Crippen LogP contribution in [0.25, 0.3) is 11.3 Å². The fraction of sp³-hybridized carbons (Fsp3) is 0.435. The SMILES string of the molecule is CC1CN(Cc2c[nH]nc2-c2ccc(N3CC(O)C3)nc2)CCN1c1ccc(C(F)(F)F)cn1. The molecule has 0 aliphatic carbocycles. The average molecular weight is 474 g/mol. The fourth-order valence-corrected chi connectivity index (χ4v) is 4.52. The van der Waals surface area contributed by atoms with Crippen LogP contribution in [-0.4, -0.2) is 75.0 Å². The maximum atomic E-state index is 12.8. The normalized spacial score (nSPS) is 20.0. The number of halogens is 3. The van der Waals surface area contributed by atoms with Crippen molar-refractivity contribution in [2.45, 2.75) is 31.8 Å². The van der Waals surface area contributed by atoms with E-state index in [1.165, 1.54) is 6.07 Å². The smallest absolute Gasteiger partial charge is 0.389 e. The van der Waals surface area contributed by atoms with E-state index in [2.05, 4.69) is 32.0 Å². The van der Waals surface area contributed by atoms with Gasteiger partial charge in [0, 0.05) is 75.0 Å². The van der Waals surface area contributed by atoms with Crippen LogP contribution in [0.1, 0.15) is 18.1 Å². The molecule has 0 spiro atoms. The summed E-state index contributed by atoms with van der Waals surface area (Å²) in [5, 5.41) is 16.9. The standard InChI is InChI=1S/C23H26F3N7O/c1-15-11-31(6-7-33(15)21-5-3-18(10-28-21)23(24,25)26)12-17-9-29-30-22(17)16-2-4-20(27-8-16)32-13-19(34)14-32/h2-5,8-10,15,19,34H,6-7,11-14H2,1H3,(H,29,30). The van der Waals surface area contributed by atoms with Gasteiger partial charge in [0.1, 0.15) is 11.6 Å². The molecule has 2 aliphatic rings. The Hall–Kier alpha value is -3.18. The van der Waals surface area contributed by atoms with Crippen LogP contribution >= 0.6 is 0 Å². The maximum absolute atomic E-state index is 12.8. The van der Waals surface area contributed by atoms with E-state index in [9.17, 15) is 18.3 Å². The van der Waals surface area contributed by atoms with Crippen LogP contribution in [0.15, 0.2) is 42.9 Å². The molecule has 2 saturated heterocycles. The van der Waals surface area contributed by atoms with Crippen LogP contribution in [0.2, 0.25) is 0 Å². The van der Waals surface area contributed by atoms with E-state index in [0.717, 1.165) is 48.0 Å². The Balaban J connectivity index is 1.22. The average Bonchev–Trinajstić information content (AvgIpc) is 3.25. The first kappa shape index (κ1) is 22.6. The van der Waals surface area contributed by atoms with E-state index in [1.54, 1.807) is 6.20 Å². The number of rotatable bonds is 5. The second-order valence-corrected chi connectivity index (χ2v) is 8.90. The van der Waals surface area contributed by atoms with E-state index < -0.39 is 11.7 Å². The van der Waals surface area contributed by atoms with Gasteiger partial charge in [-0.2, -0.15) is 18.3 Å². The first-order chi connectivity index (χ1) is 16.3. The zero-order valence-corrected chi connectivity index (χ0v) is 18.7. The van der Waals surface area contributed by atoms with Crippen molar-refractivity contribution in [1.29, 1.82) is 0 Å². The lowest BCUT2D eigenvalue weighted by Gasteiger charge is -2.40. The van der Waals surface area contributed by atoms with Crippen molar-refractivity contribution in [3.05, 3.63) is 54.0 Å². The predicted molar refractivity (Wildman–Crippen MR) is 121 cm³/mol. The van der Waals surface area contributed by atoms with E-state index in [1.807, 2.05) is 28.1 Å². The van der Waals surface area contributed by atoms with Gasteiger partial charge in [-0.05, 0) is 31.2 Å². The lowest BCUT2D eigenvalue weighted by atomic mass is 10.1. The highest BCUT2D eigenvalue weighted by Crippen LogP contribution is 2.30. The number of β-amino-alcohol motifs (C(OH)–C–C–N with tert-alkyl or cyclic N) is 1. The van der Waals surface area contributed by atoms with Gasteiger partial charge in [-0.1, -0.05) is 0 Å². The molecule has 2 fully saturated rings. The largest absolute Gasteiger partial charge is 0.417 e. The summed E-state index contributed by atoms with van der Waals surface area (Å²) in [6.07, 6.45) is -0.0709. The molecular formula is C23H26F3N7O. The molecule has 1 atom stereocenters. The van der Waals surface area contributed by atoms with E-state index in [0.29, 0.717) is 32.0 Å². The molecule has 0 radical (unpaired) electrons. The highest BCUT2D eigenvalue weighted by atomic mass is 19.4. The number of hydrogen-bond acceptors (Lipinski definition) is 7. The molecule has 2 N–H and O–H groups in total. The molecule has 0 aromatic carbocycles. The monoisotopic (exact) mass is 473 g/mol. The van der Waals surface area contributed by atoms with Crippen molar-refractivity contribution in [2.75, 3.05) is 42.5 Å². The van der Waals surface area contributed by atoms with Gasteiger partial charge in [0.2, 0.25) is 0 Å². The van der Waals surface area contributed by atoms with Crippen LogP contribution in [-0.2, 0) is 12.7 Å². The van der Waals surface area contributed by atoms with E-state index in [4.69, 9.17) is 0 Å². The van der Waals surface area contributed by atoms with Crippen LogP contribution < -0.4 is 9.80 Å². The predicted octanol–water partition coefficient (Wildman–Crippen LogP) is 2.78. The van der Waals surface area contributed by atoms with Crippen LogP contribution in [0.3, 0.4) is 0 Å². The van der Waals surface area contributed by atoms with Gasteiger partial charge >= 0.3 is 6.18 Å². The third kappa shape index (κ3) is 4.58. The Labute approximate surface area is 195 Å². The van der Waals surface area contributed by atoms with Gasteiger partial charge in [-0.25, -0.2) is 9.97 Å². The number of aromatic nitrogens is 4. The van der Waals surface area contributed by atoms with Gasteiger partial charge in [-0.3, -0.25) is 10.00 Å². The number of piperazine rings is 1. The number of nitrogens with zero attached hydrogens (tertiary/aromatic N) is 6. The topological polar surface area (TPSA) is 84.4 Å². The Kier molecular flexibility index (Phi) is 5.90. The summed E-state index contributed by atoms with van der Waals surface area (Å²) in [5.74, 6) is 1.40. The molecule has 180 valence electrons. The minimum atomic E-state index is -4.38. The molecule has 34 heavy (non-hydrogen) atoms. The van der Waals surface area contributed by atoms with Crippen molar-refractivity contribution in [2.24, 2.45) is 0 Å². The summed E-state index contributed by atoms with van der Waals surface area (Å²) < 4.78 is 38.5.